The summed E-state index contributed by atoms with van der Waals surface area (Å²) >= 11 is 0. The van der Waals surface area contributed by atoms with Crippen LogP contribution in [0.5, 0.6) is 0 Å². The van der Waals surface area contributed by atoms with Gasteiger partial charge in [0.15, 0.2) is 0 Å². The van der Waals surface area contributed by atoms with Gasteiger partial charge < -0.3 is 10.2 Å². The third-order valence-electron chi connectivity index (χ3n) is 6.31. The van der Waals surface area contributed by atoms with Gasteiger partial charge in [-0.1, -0.05) is 12.1 Å². The number of rotatable bonds is 5. The van der Waals surface area contributed by atoms with Gasteiger partial charge in [-0.3, -0.25) is 29.3 Å². The number of carbonyl (C=O) groups is 3. The predicted octanol–water partition coefficient (Wildman–Crippen LogP) is 0.379. The standard InChI is InChI=1S/C22H26N6O3/c1-26(12-16-9-24-28-7-6-23-10-19(16)28)11-14-2-3-15-13-27(22(31)17(15)8-14)18-4-5-20(29)25-21(18)30/h2-3,8-9,18,23H,4-7,10-13H2,1H3,(H,25,29,30). The van der Waals surface area contributed by atoms with Crippen molar-refractivity contribution < 1.29 is 14.4 Å². The van der Waals surface area contributed by atoms with Crippen molar-refractivity contribution in [2.24, 2.45) is 0 Å². The number of hydrogen-bond donors (Lipinski definition) is 2. The molecule has 0 aliphatic carbocycles. The molecule has 3 aliphatic heterocycles. The SMILES string of the molecule is CN(Cc1ccc2c(c1)C(=O)N(C1CCC(=O)NC1=O)C2)Cc1cnn2c1CNCC2. The van der Waals surface area contributed by atoms with Gasteiger partial charge in [0.05, 0.1) is 18.4 Å². The van der Waals surface area contributed by atoms with Crippen molar-refractivity contribution in [2.75, 3.05) is 13.6 Å². The molecule has 9 nitrogen and oxygen atoms in total. The molecule has 5 rings (SSSR count). The first-order valence-electron chi connectivity index (χ1n) is 10.7. The first-order valence-corrected chi connectivity index (χ1v) is 10.7. The Bertz CT molecular complexity index is 1060. The van der Waals surface area contributed by atoms with Gasteiger partial charge in [-0.2, -0.15) is 5.10 Å². The highest BCUT2D eigenvalue weighted by molar-refractivity contribution is 6.05. The largest absolute Gasteiger partial charge is 0.322 e. The lowest BCUT2D eigenvalue weighted by molar-refractivity contribution is -0.136. The van der Waals surface area contributed by atoms with Crippen LogP contribution in [-0.2, 0) is 42.3 Å². The van der Waals surface area contributed by atoms with E-state index in [2.05, 4.69) is 32.4 Å². The Kier molecular flexibility index (Phi) is 5.07. The lowest BCUT2D eigenvalue weighted by Crippen LogP contribution is -2.52. The van der Waals surface area contributed by atoms with Crippen molar-refractivity contribution in [3.05, 3.63) is 52.3 Å². The Morgan fingerprint density at radius 2 is 2.10 bits per heavy atom. The number of nitrogens with one attached hydrogen (secondary N) is 2. The molecule has 1 aromatic heterocycles. The lowest BCUT2D eigenvalue weighted by Gasteiger charge is -2.29. The van der Waals surface area contributed by atoms with Crippen LogP contribution < -0.4 is 10.6 Å². The minimum absolute atomic E-state index is 0.134. The molecule has 2 N–H and O–H groups in total. The quantitative estimate of drug-likeness (QED) is 0.676. The normalized spacial score (nSPS) is 20.8. The number of carbonyl (C=O) groups excluding carboxylic acids is 3. The van der Waals surface area contributed by atoms with Crippen LogP contribution in [0.3, 0.4) is 0 Å². The highest BCUT2D eigenvalue weighted by Gasteiger charge is 2.39. The Balaban J connectivity index is 1.27. The number of fused-ring (bicyclic) bond motifs is 2. The van der Waals surface area contributed by atoms with Crippen LogP contribution in [-0.4, -0.2) is 56.9 Å². The molecule has 2 aromatic rings. The Morgan fingerprint density at radius 3 is 2.94 bits per heavy atom. The van der Waals surface area contributed by atoms with Gasteiger partial charge in [0.2, 0.25) is 11.8 Å². The first-order chi connectivity index (χ1) is 15.0. The molecule has 9 heteroatoms. The molecule has 3 aliphatic rings. The fourth-order valence-electron chi connectivity index (χ4n) is 4.73. The van der Waals surface area contributed by atoms with Crippen molar-refractivity contribution >= 4 is 17.7 Å². The van der Waals surface area contributed by atoms with Crippen LogP contribution in [0.2, 0.25) is 0 Å². The van der Waals surface area contributed by atoms with Crippen LogP contribution in [0.15, 0.2) is 24.4 Å². The first kappa shape index (κ1) is 19.9. The van der Waals surface area contributed by atoms with Crippen molar-refractivity contribution in [3.8, 4) is 0 Å². The molecule has 0 spiro atoms. The summed E-state index contributed by atoms with van der Waals surface area (Å²) < 4.78 is 2.07. The van der Waals surface area contributed by atoms with Crippen molar-refractivity contribution in [2.45, 2.75) is 51.6 Å². The highest BCUT2D eigenvalue weighted by atomic mass is 16.2. The number of amides is 3. The van der Waals surface area contributed by atoms with Gasteiger partial charge in [-0.05, 0) is 30.7 Å². The number of hydrogen-bond acceptors (Lipinski definition) is 6. The third kappa shape index (κ3) is 3.75. The van der Waals surface area contributed by atoms with Gasteiger partial charge >= 0.3 is 0 Å². The molecule has 1 aromatic carbocycles. The van der Waals surface area contributed by atoms with E-state index in [1.165, 1.54) is 11.3 Å². The molecule has 4 heterocycles. The van der Waals surface area contributed by atoms with E-state index in [4.69, 9.17) is 0 Å². The zero-order chi connectivity index (χ0) is 21.5. The number of aromatic nitrogens is 2. The van der Waals surface area contributed by atoms with Gasteiger partial charge in [0.25, 0.3) is 5.91 Å². The Morgan fingerprint density at radius 1 is 1.23 bits per heavy atom. The predicted molar refractivity (Wildman–Crippen MR) is 112 cm³/mol. The van der Waals surface area contributed by atoms with Crippen molar-refractivity contribution in [1.82, 2.24) is 30.2 Å². The van der Waals surface area contributed by atoms with Gasteiger partial charge in [0.1, 0.15) is 6.04 Å². The van der Waals surface area contributed by atoms with E-state index < -0.39 is 6.04 Å². The molecule has 0 saturated carbocycles. The van der Waals surface area contributed by atoms with Crippen LogP contribution in [0.4, 0.5) is 0 Å². The second-order valence-corrected chi connectivity index (χ2v) is 8.58. The van der Waals surface area contributed by atoms with E-state index in [1.807, 2.05) is 24.4 Å². The topological polar surface area (TPSA) is 99.6 Å². The van der Waals surface area contributed by atoms with Gasteiger partial charge in [0, 0.05) is 50.3 Å². The summed E-state index contributed by atoms with van der Waals surface area (Å²) in [5.74, 6) is -0.784. The zero-order valence-electron chi connectivity index (χ0n) is 17.6. The number of nitrogens with zero attached hydrogens (tertiary/aromatic N) is 4. The van der Waals surface area contributed by atoms with Gasteiger partial charge in [-0.15, -0.1) is 0 Å². The van der Waals surface area contributed by atoms with E-state index in [1.54, 1.807) is 4.90 Å². The fourth-order valence-corrected chi connectivity index (χ4v) is 4.73. The van der Waals surface area contributed by atoms with Crippen LogP contribution in [0.25, 0.3) is 0 Å². The van der Waals surface area contributed by atoms with E-state index in [0.29, 0.717) is 25.1 Å². The molecular weight excluding hydrogens is 396 g/mol. The molecule has 1 saturated heterocycles. The van der Waals surface area contributed by atoms with Crippen LogP contribution in [0.1, 0.15) is 45.6 Å². The molecular formula is C22H26N6O3. The molecule has 1 fully saturated rings. The summed E-state index contributed by atoms with van der Waals surface area (Å²) in [5, 5.41) is 10.2. The van der Waals surface area contributed by atoms with E-state index in [9.17, 15) is 14.4 Å². The number of piperidine rings is 1. The third-order valence-corrected chi connectivity index (χ3v) is 6.31. The molecule has 1 unspecified atom stereocenters. The second-order valence-electron chi connectivity index (χ2n) is 8.58. The molecule has 0 bridgehead atoms. The Labute approximate surface area is 180 Å². The summed E-state index contributed by atoms with van der Waals surface area (Å²) in [6.07, 6.45) is 2.59. The molecule has 3 amide bonds. The maximum Gasteiger partial charge on any atom is 0.255 e. The smallest absolute Gasteiger partial charge is 0.255 e. The highest BCUT2D eigenvalue weighted by Crippen LogP contribution is 2.28. The lowest BCUT2D eigenvalue weighted by atomic mass is 10.0. The Hall–Kier alpha value is -3.04. The summed E-state index contributed by atoms with van der Waals surface area (Å²) in [7, 11) is 2.06. The fraction of sp³-hybridized carbons (Fsp3) is 0.455. The van der Waals surface area contributed by atoms with Gasteiger partial charge in [-0.25, -0.2) is 0 Å². The summed E-state index contributed by atoms with van der Waals surface area (Å²) in [6.45, 7) is 4.58. The molecule has 162 valence electrons. The summed E-state index contributed by atoms with van der Waals surface area (Å²) in [4.78, 5) is 40.4. The average molecular weight is 422 g/mol. The van der Waals surface area contributed by atoms with Crippen molar-refractivity contribution in [1.29, 1.82) is 0 Å². The second kappa shape index (κ2) is 7.90. The van der Waals surface area contributed by atoms with E-state index >= 15 is 0 Å². The summed E-state index contributed by atoms with van der Waals surface area (Å²) in [6, 6.07) is 5.39. The van der Waals surface area contributed by atoms with Crippen molar-refractivity contribution in [3.63, 3.8) is 0 Å². The minimum Gasteiger partial charge on any atom is -0.322 e. The summed E-state index contributed by atoms with van der Waals surface area (Å²) in [5.41, 5.74) is 5.09. The number of imide groups is 1. The zero-order valence-corrected chi connectivity index (χ0v) is 17.6. The van der Waals surface area contributed by atoms with Crippen LogP contribution in [0, 0.1) is 0 Å². The molecule has 0 radical (unpaired) electrons. The maximum absolute atomic E-state index is 13.0. The van der Waals surface area contributed by atoms with Crippen LogP contribution >= 0.6 is 0 Å². The average Bonchev–Trinajstić information content (AvgIpc) is 3.29. The minimum atomic E-state index is -0.578. The van der Waals surface area contributed by atoms with E-state index in [-0.39, 0.29) is 24.1 Å². The maximum atomic E-state index is 13.0. The molecule has 31 heavy (non-hydrogen) atoms. The molecule has 1 atom stereocenters. The van der Waals surface area contributed by atoms with E-state index in [0.717, 1.165) is 37.3 Å². The number of benzene rings is 1. The monoisotopic (exact) mass is 422 g/mol.